The summed E-state index contributed by atoms with van der Waals surface area (Å²) in [4.78, 5) is 23.0. The van der Waals surface area contributed by atoms with Gasteiger partial charge in [0.05, 0.1) is 12.7 Å². The van der Waals surface area contributed by atoms with E-state index in [0.717, 1.165) is 0 Å². The second kappa shape index (κ2) is 4.55. The van der Waals surface area contributed by atoms with Gasteiger partial charge in [0.15, 0.2) is 0 Å². The van der Waals surface area contributed by atoms with Crippen LogP contribution in [0.1, 0.15) is 27.7 Å². The predicted octanol–water partition coefficient (Wildman–Crippen LogP) is 1.17. The molecule has 1 atom stereocenters. The number of carbonyl (C=O) groups is 2. The summed E-state index contributed by atoms with van der Waals surface area (Å²) in [6, 6.07) is 0. The minimum absolute atomic E-state index is 0.0607. The van der Waals surface area contributed by atoms with Gasteiger partial charge in [-0.2, -0.15) is 0 Å². The molecule has 0 aromatic carbocycles. The summed E-state index contributed by atoms with van der Waals surface area (Å²) in [5.41, 5.74) is -1.36. The topological polar surface area (TPSA) is 61.8 Å². The fourth-order valence-electron chi connectivity index (χ4n) is 1.29. The monoisotopic (exact) mass is 228 g/mol. The van der Waals surface area contributed by atoms with Gasteiger partial charge in [-0.25, -0.2) is 9.59 Å². The fraction of sp³-hybridized carbons (Fsp3) is 0.636. The summed E-state index contributed by atoms with van der Waals surface area (Å²) in [7, 11) is 0. The lowest BCUT2D eigenvalue weighted by atomic mass is 10.1. The lowest BCUT2D eigenvalue weighted by molar-refractivity contribution is -0.170. The van der Waals surface area contributed by atoms with Crippen molar-refractivity contribution < 1.29 is 23.8 Å². The molecule has 1 aliphatic rings. The zero-order valence-corrected chi connectivity index (χ0v) is 9.90. The average molecular weight is 228 g/mol. The normalized spacial score (nSPS) is 24.1. The molecule has 0 saturated heterocycles. The molecule has 1 heterocycles. The van der Waals surface area contributed by atoms with Crippen molar-refractivity contribution in [3.8, 4) is 0 Å². The highest BCUT2D eigenvalue weighted by Gasteiger charge is 2.45. The molecule has 0 bridgehead atoms. The third kappa shape index (κ3) is 2.53. The Morgan fingerprint density at radius 3 is 2.69 bits per heavy atom. The first-order valence-electron chi connectivity index (χ1n) is 5.19. The van der Waals surface area contributed by atoms with Gasteiger partial charge in [-0.1, -0.05) is 0 Å². The van der Waals surface area contributed by atoms with Crippen LogP contribution in [-0.2, 0) is 23.8 Å². The molecule has 0 fully saturated rings. The van der Waals surface area contributed by atoms with E-state index >= 15 is 0 Å². The molecule has 0 spiro atoms. The molecule has 5 heteroatoms. The van der Waals surface area contributed by atoms with Crippen molar-refractivity contribution in [2.75, 3.05) is 6.61 Å². The van der Waals surface area contributed by atoms with Crippen LogP contribution >= 0.6 is 0 Å². The van der Waals surface area contributed by atoms with E-state index in [-0.39, 0.29) is 18.5 Å². The van der Waals surface area contributed by atoms with Gasteiger partial charge >= 0.3 is 11.9 Å². The molecular formula is C11H16O5. The second-order valence-corrected chi connectivity index (χ2v) is 3.89. The minimum Gasteiger partial charge on any atom is -0.484 e. The second-order valence-electron chi connectivity index (χ2n) is 3.89. The van der Waals surface area contributed by atoms with Gasteiger partial charge in [0.1, 0.15) is 0 Å². The summed E-state index contributed by atoms with van der Waals surface area (Å²) in [6.07, 6.45) is 1.20. The van der Waals surface area contributed by atoms with Gasteiger partial charge in [0.2, 0.25) is 11.4 Å². The zero-order chi connectivity index (χ0) is 12.3. The lowest BCUT2D eigenvalue weighted by Gasteiger charge is -2.17. The molecular weight excluding hydrogens is 212 g/mol. The van der Waals surface area contributed by atoms with E-state index in [2.05, 4.69) is 0 Å². The minimum atomic E-state index is -1.36. The molecule has 16 heavy (non-hydrogen) atoms. The SMILES string of the molecule is CCOC(=O)C1(C)C=C(OC(C)C)C(=O)O1. The van der Waals surface area contributed by atoms with Gasteiger partial charge in [-0.05, 0) is 27.7 Å². The standard InChI is InChI=1S/C11H16O5/c1-5-14-10(13)11(4)6-8(9(12)16-11)15-7(2)3/h6-7H,5H2,1-4H3. The quantitative estimate of drug-likeness (QED) is 0.676. The molecule has 90 valence electrons. The van der Waals surface area contributed by atoms with E-state index in [9.17, 15) is 9.59 Å². The van der Waals surface area contributed by atoms with E-state index in [0.29, 0.717) is 0 Å². The smallest absolute Gasteiger partial charge is 0.374 e. The predicted molar refractivity (Wildman–Crippen MR) is 55.4 cm³/mol. The first-order valence-corrected chi connectivity index (χ1v) is 5.19. The number of ether oxygens (including phenoxy) is 3. The Hall–Kier alpha value is -1.52. The molecule has 0 aromatic rings. The summed E-state index contributed by atoms with van der Waals surface area (Å²) in [5.74, 6) is -1.17. The van der Waals surface area contributed by atoms with Crippen LogP contribution in [0.2, 0.25) is 0 Å². The molecule has 0 N–H and O–H groups in total. The Labute approximate surface area is 94.4 Å². The highest BCUT2D eigenvalue weighted by Crippen LogP contribution is 2.27. The van der Waals surface area contributed by atoms with Gasteiger partial charge in [0, 0.05) is 6.08 Å². The average Bonchev–Trinajstić information content (AvgIpc) is 2.42. The molecule has 1 unspecified atom stereocenters. The van der Waals surface area contributed by atoms with Gasteiger partial charge < -0.3 is 14.2 Å². The van der Waals surface area contributed by atoms with E-state index in [4.69, 9.17) is 14.2 Å². The van der Waals surface area contributed by atoms with Crippen LogP contribution < -0.4 is 0 Å². The molecule has 5 nitrogen and oxygen atoms in total. The van der Waals surface area contributed by atoms with Crippen LogP contribution in [0.3, 0.4) is 0 Å². The third-order valence-electron chi connectivity index (χ3n) is 1.96. The molecule has 0 aromatic heterocycles. The van der Waals surface area contributed by atoms with Crippen LogP contribution in [-0.4, -0.2) is 30.3 Å². The molecule has 0 saturated carbocycles. The Morgan fingerprint density at radius 1 is 1.56 bits per heavy atom. The largest absolute Gasteiger partial charge is 0.484 e. The maximum Gasteiger partial charge on any atom is 0.374 e. The Kier molecular flexibility index (Phi) is 3.57. The van der Waals surface area contributed by atoms with Gasteiger partial charge in [0.25, 0.3) is 0 Å². The number of rotatable bonds is 4. The van der Waals surface area contributed by atoms with Crippen molar-refractivity contribution >= 4 is 11.9 Å². The number of esters is 2. The van der Waals surface area contributed by atoms with Crippen LogP contribution in [0.25, 0.3) is 0 Å². The summed E-state index contributed by atoms with van der Waals surface area (Å²) >= 11 is 0. The first-order chi connectivity index (χ1) is 7.39. The van der Waals surface area contributed by atoms with Crippen molar-refractivity contribution in [3.05, 3.63) is 11.8 Å². The Bertz CT molecular complexity index is 331. The molecule has 1 aliphatic heterocycles. The third-order valence-corrected chi connectivity index (χ3v) is 1.96. The highest BCUT2D eigenvalue weighted by molar-refractivity contribution is 5.96. The molecule has 0 amide bonds. The number of cyclic esters (lactones) is 1. The van der Waals surface area contributed by atoms with Crippen molar-refractivity contribution in [2.45, 2.75) is 39.4 Å². The maximum atomic E-state index is 11.5. The van der Waals surface area contributed by atoms with Crippen LogP contribution in [0.15, 0.2) is 11.8 Å². The van der Waals surface area contributed by atoms with Crippen molar-refractivity contribution in [1.29, 1.82) is 0 Å². The number of carbonyl (C=O) groups excluding carboxylic acids is 2. The fourth-order valence-corrected chi connectivity index (χ4v) is 1.29. The van der Waals surface area contributed by atoms with Crippen molar-refractivity contribution in [2.24, 2.45) is 0 Å². The maximum absolute atomic E-state index is 11.5. The van der Waals surface area contributed by atoms with Crippen LogP contribution in [0.5, 0.6) is 0 Å². The summed E-state index contributed by atoms with van der Waals surface area (Å²) in [5, 5.41) is 0. The van der Waals surface area contributed by atoms with E-state index in [1.807, 2.05) is 0 Å². The Morgan fingerprint density at radius 2 is 2.19 bits per heavy atom. The highest BCUT2D eigenvalue weighted by atomic mass is 16.6. The molecule has 0 radical (unpaired) electrons. The first kappa shape index (κ1) is 12.5. The number of hydrogen-bond acceptors (Lipinski definition) is 5. The van der Waals surface area contributed by atoms with Crippen molar-refractivity contribution in [1.82, 2.24) is 0 Å². The van der Waals surface area contributed by atoms with Gasteiger partial charge in [-0.3, -0.25) is 0 Å². The number of hydrogen-bond donors (Lipinski definition) is 0. The van der Waals surface area contributed by atoms with E-state index in [1.54, 1.807) is 20.8 Å². The summed E-state index contributed by atoms with van der Waals surface area (Å²) < 4.78 is 15.0. The van der Waals surface area contributed by atoms with Crippen molar-refractivity contribution in [3.63, 3.8) is 0 Å². The van der Waals surface area contributed by atoms with E-state index in [1.165, 1.54) is 13.0 Å². The molecule has 1 rings (SSSR count). The summed E-state index contributed by atoms with van der Waals surface area (Å²) in [6.45, 7) is 6.97. The van der Waals surface area contributed by atoms with Crippen LogP contribution in [0.4, 0.5) is 0 Å². The lowest BCUT2D eigenvalue weighted by Crippen LogP contribution is -2.36. The van der Waals surface area contributed by atoms with Crippen LogP contribution in [0, 0.1) is 0 Å². The molecule has 0 aliphatic carbocycles. The Balaban J connectivity index is 2.82. The van der Waals surface area contributed by atoms with E-state index < -0.39 is 17.5 Å². The zero-order valence-electron chi connectivity index (χ0n) is 9.90. The van der Waals surface area contributed by atoms with Gasteiger partial charge in [-0.15, -0.1) is 0 Å².